The number of hydrogen-bond donors (Lipinski definition) is 0. The highest BCUT2D eigenvalue weighted by molar-refractivity contribution is 5.85. The Kier molecular flexibility index (Phi) is 12.3. The normalized spacial score (nSPS) is 10.2. The van der Waals surface area contributed by atoms with Crippen molar-refractivity contribution in [1.82, 2.24) is 4.90 Å². The lowest BCUT2D eigenvalue weighted by Gasteiger charge is -2.17. The van der Waals surface area contributed by atoms with E-state index in [0.29, 0.717) is 18.8 Å². The molecule has 0 aliphatic rings. The zero-order valence-corrected chi connectivity index (χ0v) is 19.7. The van der Waals surface area contributed by atoms with Crippen LogP contribution in [-0.4, -0.2) is 53.0 Å². The van der Waals surface area contributed by atoms with E-state index >= 15 is 0 Å². The molecule has 0 unspecified atom stereocenters. The largest absolute Gasteiger partial charge is 0.493 e. The minimum Gasteiger partial charge on any atom is -0.493 e. The van der Waals surface area contributed by atoms with Gasteiger partial charge in [0.2, 0.25) is 0 Å². The molecule has 0 atom stereocenters. The standard InChI is InChI=1S/C24H32N2O4.ClH/c1-26(15-12-20-7-9-21(27-2)23(18-20)28-3)14-5-6-16-30-22-10-8-19(11-13-25)17-24(22)29-4;/h7-10,17-18H,5-6,11-12,14-16H2,1-4H3;1H. The molecule has 0 aliphatic heterocycles. The van der Waals surface area contributed by atoms with Crippen molar-refractivity contribution < 1.29 is 18.9 Å². The predicted molar refractivity (Wildman–Crippen MR) is 125 cm³/mol. The molecule has 0 saturated carbocycles. The number of halogens is 1. The number of likely N-dealkylation sites (N-methyl/N-ethyl adjacent to an activating group) is 1. The molecule has 0 radical (unpaired) electrons. The molecular formula is C24H33ClN2O4. The van der Waals surface area contributed by atoms with Gasteiger partial charge in [-0.2, -0.15) is 5.26 Å². The molecule has 0 aromatic heterocycles. The summed E-state index contributed by atoms with van der Waals surface area (Å²) >= 11 is 0. The van der Waals surface area contributed by atoms with E-state index in [2.05, 4.69) is 24.1 Å². The second kappa shape index (κ2) is 14.4. The number of unbranched alkanes of at least 4 members (excludes halogenated alkanes) is 1. The molecule has 0 aliphatic carbocycles. The van der Waals surface area contributed by atoms with E-state index in [1.807, 2.05) is 30.3 Å². The van der Waals surface area contributed by atoms with Gasteiger partial charge in [0, 0.05) is 6.54 Å². The highest BCUT2D eigenvalue weighted by Crippen LogP contribution is 2.29. The van der Waals surface area contributed by atoms with Crippen LogP contribution >= 0.6 is 12.4 Å². The first-order valence-electron chi connectivity index (χ1n) is 10.2. The van der Waals surface area contributed by atoms with Crippen molar-refractivity contribution in [1.29, 1.82) is 5.26 Å². The Hall–Kier alpha value is -2.62. The summed E-state index contributed by atoms with van der Waals surface area (Å²) < 4.78 is 21.9. The number of nitrogens with zero attached hydrogens (tertiary/aromatic N) is 2. The lowest BCUT2D eigenvalue weighted by molar-refractivity contribution is 0.269. The van der Waals surface area contributed by atoms with Gasteiger partial charge in [-0.25, -0.2) is 0 Å². The zero-order valence-electron chi connectivity index (χ0n) is 18.8. The molecule has 2 aromatic carbocycles. The molecule has 0 fully saturated rings. The fraction of sp³-hybridized carbons (Fsp3) is 0.458. The van der Waals surface area contributed by atoms with Crippen molar-refractivity contribution in [2.75, 3.05) is 48.1 Å². The molecule has 2 rings (SSSR count). The molecular weight excluding hydrogens is 416 g/mol. The Morgan fingerprint density at radius 1 is 0.806 bits per heavy atom. The van der Waals surface area contributed by atoms with Gasteiger partial charge >= 0.3 is 0 Å². The highest BCUT2D eigenvalue weighted by atomic mass is 35.5. The van der Waals surface area contributed by atoms with Crippen LogP contribution in [0.4, 0.5) is 0 Å². The number of rotatable bonds is 13. The number of benzene rings is 2. The van der Waals surface area contributed by atoms with E-state index in [9.17, 15) is 0 Å². The second-order valence-corrected chi connectivity index (χ2v) is 7.12. The highest BCUT2D eigenvalue weighted by Gasteiger charge is 2.07. The van der Waals surface area contributed by atoms with Gasteiger partial charge in [0.25, 0.3) is 0 Å². The van der Waals surface area contributed by atoms with Crippen molar-refractivity contribution >= 4 is 12.4 Å². The van der Waals surface area contributed by atoms with Crippen molar-refractivity contribution in [2.45, 2.75) is 25.7 Å². The maximum absolute atomic E-state index is 8.81. The number of hydrogen-bond acceptors (Lipinski definition) is 6. The van der Waals surface area contributed by atoms with Crippen LogP contribution in [0.15, 0.2) is 36.4 Å². The first-order chi connectivity index (χ1) is 14.6. The van der Waals surface area contributed by atoms with Crippen molar-refractivity contribution in [3.8, 4) is 29.1 Å². The average molecular weight is 449 g/mol. The van der Waals surface area contributed by atoms with Crippen LogP contribution in [0.2, 0.25) is 0 Å². The van der Waals surface area contributed by atoms with Gasteiger partial charge in [-0.05, 0) is 68.2 Å². The van der Waals surface area contributed by atoms with Crippen LogP contribution in [0.3, 0.4) is 0 Å². The zero-order chi connectivity index (χ0) is 21.8. The summed E-state index contributed by atoms with van der Waals surface area (Å²) in [5.41, 5.74) is 2.16. The second-order valence-electron chi connectivity index (χ2n) is 7.12. The Labute approximate surface area is 192 Å². The number of ether oxygens (including phenoxy) is 4. The van der Waals surface area contributed by atoms with Crippen molar-refractivity contribution in [3.63, 3.8) is 0 Å². The summed E-state index contributed by atoms with van der Waals surface area (Å²) in [5.74, 6) is 2.92. The SMILES string of the molecule is COc1ccc(CCN(C)CCCCOc2ccc(CC#N)cc2OC)cc1OC.Cl. The monoisotopic (exact) mass is 448 g/mol. The lowest BCUT2D eigenvalue weighted by Crippen LogP contribution is -2.22. The quantitative estimate of drug-likeness (QED) is 0.419. The molecule has 7 heteroatoms. The van der Waals surface area contributed by atoms with Crippen molar-refractivity contribution in [2.24, 2.45) is 0 Å². The van der Waals surface area contributed by atoms with Crippen LogP contribution in [0.5, 0.6) is 23.0 Å². The van der Waals surface area contributed by atoms with Crippen molar-refractivity contribution in [3.05, 3.63) is 47.5 Å². The first-order valence-corrected chi connectivity index (χ1v) is 10.2. The van der Waals surface area contributed by atoms with Crippen LogP contribution in [0, 0.1) is 11.3 Å². The molecule has 31 heavy (non-hydrogen) atoms. The first kappa shape index (κ1) is 26.4. The van der Waals surface area contributed by atoms with E-state index in [1.54, 1.807) is 21.3 Å². The van der Waals surface area contributed by atoms with Gasteiger partial charge in [0.1, 0.15) is 0 Å². The van der Waals surface area contributed by atoms with E-state index in [-0.39, 0.29) is 12.4 Å². The van der Waals surface area contributed by atoms with Gasteiger partial charge in [-0.1, -0.05) is 12.1 Å². The molecule has 0 bridgehead atoms. The predicted octanol–water partition coefficient (Wildman–Crippen LogP) is 4.53. The Balaban J connectivity index is 0.00000480. The van der Waals surface area contributed by atoms with Crippen LogP contribution in [0.25, 0.3) is 0 Å². The maximum atomic E-state index is 8.81. The third-order valence-electron chi connectivity index (χ3n) is 4.93. The van der Waals surface area contributed by atoms with Gasteiger partial charge in [0.05, 0.1) is 40.4 Å². The van der Waals surface area contributed by atoms with E-state index in [1.165, 1.54) is 5.56 Å². The average Bonchev–Trinajstić information content (AvgIpc) is 2.78. The minimum absolute atomic E-state index is 0. The van der Waals surface area contributed by atoms with Gasteiger partial charge in [0.15, 0.2) is 23.0 Å². The third-order valence-corrected chi connectivity index (χ3v) is 4.93. The Morgan fingerprint density at radius 2 is 1.42 bits per heavy atom. The maximum Gasteiger partial charge on any atom is 0.161 e. The molecule has 6 nitrogen and oxygen atoms in total. The Bertz CT molecular complexity index is 839. The molecule has 0 spiro atoms. The van der Waals surface area contributed by atoms with Gasteiger partial charge in [-0.3, -0.25) is 0 Å². The van der Waals surface area contributed by atoms with E-state index in [0.717, 1.165) is 55.2 Å². The summed E-state index contributed by atoms with van der Waals surface area (Å²) in [6.07, 6.45) is 3.34. The fourth-order valence-corrected chi connectivity index (χ4v) is 3.17. The number of nitriles is 1. The molecule has 170 valence electrons. The third kappa shape index (κ3) is 8.56. The van der Waals surface area contributed by atoms with Gasteiger partial charge < -0.3 is 23.8 Å². The van der Waals surface area contributed by atoms with E-state index < -0.39 is 0 Å². The van der Waals surface area contributed by atoms with Crippen LogP contribution in [0.1, 0.15) is 24.0 Å². The number of methoxy groups -OCH3 is 3. The smallest absolute Gasteiger partial charge is 0.161 e. The molecule has 0 heterocycles. The summed E-state index contributed by atoms with van der Waals surface area (Å²) in [4.78, 5) is 2.33. The summed E-state index contributed by atoms with van der Waals surface area (Å²) in [5, 5.41) is 8.81. The summed E-state index contributed by atoms with van der Waals surface area (Å²) in [7, 11) is 7.06. The molecule has 0 amide bonds. The minimum atomic E-state index is 0. The van der Waals surface area contributed by atoms with E-state index in [4.69, 9.17) is 24.2 Å². The molecule has 0 saturated heterocycles. The fourth-order valence-electron chi connectivity index (χ4n) is 3.17. The van der Waals surface area contributed by atoms with Crippen LogP contribution < -0.4 is 18.9 Å². The Morgan fingerprint density at radius 3 is 2.10 bits per heavy atom. The lowest BCUT2D eigenvalue weighted by atomic mass is 10.1. The summed E-state index contributed by atoms with van der Waals surface area (Å²) in [6.45, 7) is 2.62. The topological polar surface area (TPSA) is 64.0 Å². The van der Waals surface area contributed by atoms with Gasteiger partial charge in [-0.15, -0.1) is 12.4 Å². The van der Waals surface area contributed by atoms with Crippen LogP contribution in [-0.2, 0) is 12.8 Å². The summed E-state index contributed by atoms with van der Waals surface area (Å²) in [6, 6.07) is 13.9. The molecule has 0 N–H and O–H groups in total. The molecule has 2 aromatic rings.